The van der Waals surface area contributed by atoms with Gasteiger partial charge in [-0.3, -0.25) is 0 Å². The highest BCUT2D eigenvalue weighted by atomic mass is 35.5. The van der Waals surface area contributed by atoms with Gasteiger partial charge in [0.15, 0.2) is 5.75 Å². The van der Waals surface area contributed by atoms with E-state index in [2.05, 4.69) is 0 Å². The fourth-order valence-electron chi connectivity index (χ4n) is 1.46. The van der Waals surface area contributed by atoms with Crippen molar-refractivity contribution < 1.29 is 9.84 Å². The summed E-state index contributed by atoms with van der Waals surface area (Å²) in [7, 11) is 0. The van der Waals surface area contributed by atoms with E-state index in [1.165, 1.54) is 0 Å². The number of aliphatic hydroxyl groups is 1. The van der Waals surface area contributed by atoms with Crippen molar-refractivity contribution in [1.82, 2.24) is 0 Å². The van der Waals surface area contributed by atoms with Crippen molar-refractivity contribution >= 4 is 17.3 Å². The Morgan fingerprint density at radius 2 is 1.76 bits per heavy atom. The summed E-state index contributed by atoms with van der Waals surface area (Å²) in [4.78, 5) is 0. The van der Waals surface area contributed by atoms with Crippen molar-refractivity contribution in [3.05, 3.63) is 53.1 Å². The number of anilines is 1. The molecule has 4 heteroatoms. The summed E-state index contributed by atoms with van der Waals surface area (Å²) in [5.74, 6) is 1.06. The number of para-hydroxylation sites is 2. The normalized spacial score (nSPS) is 10.2. The molecular weight excluding hydrogens is 238 g/mol. The summed E-state index contributed by atoms with van der Waals surface area (Å²) in [6, 6.07) is 12.4. The predicted molar refractivity (Wildman–Crippen MR) is 68.3 cm³/mol. The number of hydrogen-bond acceptors (Lipinski definition) is 3. The van der Waals surface area contributed by atoms with Crippen LogP contribution < -0.4 is 10.5 Å². The van der Waals surface area contributed by atoms with Crippen LogP contribution in [0.25, 0.3) is 0 Å². The minimum absolute atomic E-state index is 0.0867. The third kappa shape index (κ3) is 2.52. The van der Waals surface area contributed by atoms with Crippen molar-refractivity contribution in [3.8, 4) is 11.5 Å². The zero-order chi connectivity index (χ0) is 12.3. The number of rotatable bonds is 3. The molecule has 0 saturated carbocycles. The lowest BCUT2D eigenvalue weighted by Gasteiger charge is -2.11. The Labute approximate surface area is 104 Å². The first-order chi connectivity index (χ1) is 8.22. The van der Waals surface area contributed by atoms with Gasteiger partial charge in [-0.15, -0.1) is 0 Å². The van der Waals surface area contributed by atoms with Crippen molar-refractivity contribution in [1.29, 1.82) is 0 Å². The fourth-order valence-corrected chi connectivity index (χ4v) is 1.62. The summed E-state index contributed by atoms with van der Waals surface area (Å²) in [5.41, 5.74) is 6.89. The molecule has 0 heterocycles. The Morgan fingerprint density at radius 1 is 1.06 bits per heavy atom. The molecule has 0 radical (unpaired) electrons. The molecule has 0 aliphatic rings. The average molecular weight is 250 g/mol. The number of hydrogen-bond donors (Lipinski definition) is 2. The van der Waals surface area contributed by atoms with Crippen molar-refractivity contribution in [2.24, 2.45) is 0 Å². The van der Waals surface area contributed by atoms with Gasteiger partial charge in [0.25, 0.3) is 0 Å². The van der Waals surface area contributed by atoms with E-state index in [4.69, 9.17) is 22.1 Å². The van der Waals surface area contributed by atoms with Crippen LogP contribution in [0.3, 0.4) is 0 Å². The molecule has 0 aliphatic carbocycles. The van der Waals surface area contributed by atoms with Gasteiger partial charge in [0.2, 0.25) is 0 Å². The molecule has 0 amide bonds. The van der Waals surface area contributed by atoms with Gasteiger partial charge >= 0.3 is 0 Å². The van der Waals surface area contributed by atoms with Gasteiger partial charge in [-0.1, -0.05) is 35.9 Å². The van der Waals surface area contributed by atoms with Crippen LogP contribution in [0.15, 0.2) is 42.5 Å². The van der Waals surface area contributed by atoms with Gasteiger partial charge in [-0.05, 0) is 18.2 Å². The molecule has 0 unspecified atom stereocenters. The maximum atomic E-state index is 9.18. The smallest absolute Gasteiger partial charge is 0.151 e. The quantitative estimate of drug-likeness (QED) is 0.822. The standard InChI is InChI=1S/C13H12ClNO2/c14-10-5-3-7-12(13(10)15)17-11-6-2-1-4-9(11)8-16/h1-7,16H,8,15H2. The topological polar surface area (TPSA) is 55.5 Å². The van der Waals surface area contributed by atoms with Crippen LogP contribution in [0.1, 0.15) is 5.56 Å². The molecule has 2 aromatic rings. The maximum absolute atomic E-state index is 9.18. The van der Waals surface area contributed by atoms with Gasteiger partial charge in [0, 0.05) is 5.56 Å². The zero-order valence-electron chi connectivity index (χ0n) is 9.06. The number of aliphatic hydroxyl groups excluding tert-OH is 1. The zero-order valence-corrected chi connectivity index (χ0v) is 9.82. The minimum Gasteiger partial charge on any atom is -0.455 e. The fraction of sp³-hybridized carbons (Fsp3) is 0.0769. The molecule has 0 bridgehead atoms. The summed E-state index contributed by atoms with van der Waals surface area (Å²) >= 11 is 5.90. The Kier molecular flexibility index (Phi) is 3.52. The monoisotopic (exact) mass is 249 g/mol. The highest BCUT2D eigenvalue weighted by Crippen LogP contribution is 2.33. The number of ether oxygens (including phenoxy) is 1. The largest absolute Gasteiger partial charge is 0.455 e. The number of benzene rings is 2. The molecule has 3 nitrogen and oxygen atoms in total. The van der Waals surface area contributed by atoms with Gasteiger partial charge in [0.05, 0.1) is 17.3 Å². The second-order valence-corrected chi connectivity index (χ2v) is 3.93. The van der Waals surface area contributed by atoms with Crippen LogP contribution in [0.5, 0.6) is 11.5 Å². The van der Waals surface area contributed by atoms with E-state index >= 15 is 0 Å². The van der Waals surface area contributed by atoms with Crippen LogP contribution in [-0.2, 0) is 6.61 Å². The predicted octanol–water partition coefficient (Wildman–Crippen LogP) is 3.21. The SMILES string of the molecule is Nc1c(Cl)cccc1Oc1ccccc1CO. The highest BCUT2D eigenvalue weighted by molar-refractivity contribution is 6.33. The lowest BCUT2D eigenvalue weighted by Crippen LogP contribution is -1.95. The molecule has 0 saturated heterocycles. The van der Waals surface area contributed by atoms with Gasteiger partial charge in [0.1, 0.15) is 5.75 Å². The molecular formula is C13H12ClNO2. The van der Waals surface area contributed by atoms with E-state index in [1.54, 1.807) is 30.3 Å². The first-order valence-corrected chi connectivity index (χ1v) is 5.51. The van der Waals surface area contributed by atoms with Crippen molar-refractivity contribution in [3.63, 3.8) is 0 Å². The third-order valence-corrected chi connectivity index (χ3v) is 2.71. The molecule has 0 aromatic heterocycles. The number of halogens is 1. The summed E-state index contributed by atoms with van der Waals surface area (Å²) in [5, 5.41) is 9.63. The van der Waals surface area contributed by atoms with Gasteiger partial charge < -0.3 is 15.6 Å². The molecule has 0 spiro atoms. The average Bonchev–Trinajstić information content (AvgIpc) is 2.35. The maximum Gasteiger partial charge on any atom is 0.151 e. The van der Waals surface area contributed by atoms with Crippen LogP contribution in [0.4, 0.5) is 5.69 Å². The van der Waals surface area contributed by atoms with Crippen molar-refractivity contribution in [2.75, 3.05) is 5.73 Å². The van der Waals surface area contributed by atoms with E-state index in [0.29, 0.717) is 27.8 Å². The molecule has 2 rings (SSSR count). The Morgan fingerprint density at radius 3 is 2.53 bits per heavy atom. The van der Waals surface area contributed by atoms with Crippen LogP contribution in [0.2, 0.25) is 5.02 Å². The molecule has 0 fully saturated rings. The minimum atomic E-state index is -0.0867. The Hall–Kier alpha value is -1.71. The Bertz CT molecular complexity index is 529. The van der Waals surface area contributed by atoms with E-state index in [9.17, 15) is 5.11 Å². The number of nitrogens with two attached hydrogens (primary N) is 1. The lowest BCUT2D eigenvalue weighted by atomic mass is 10.2. The Balaban J connectivity index is 2.35. The number of nitrogen functional groups attached to an aromatic ring is 1. The highest BCUT2D eigenvalue weighted by Gasteiger charge is 2.07. The second kappa shape index (κ2) is 5.08. The van der Waals surface area contributed by atoms with Crippen LogP contribution in [0, 0.1) is 0 Å². The second-order valence-electron chi connectivity index (χ2n) is 3.52. The first-order valence-electron chi connectivity index (χ1n) is 5.13. The molecule has 3 N–H and O–H groups in total. The molecule has 0 atom stereocenters. The first kappa shape index (κ1) is 11.8. The van der Waals surface area contributed by atoms with E-state index in [0.717, 1.165) is 0 Å². The molecule has 2 aromatic carbocycles. The summed E-state index contributed by atoms with van der Waals surface area (Å²) in [6.07, 6.45) is 0. The van der Waals surface area contributed by atoms with Gasteiger partial charge in [-0.2, -0.15) is 0 Å². The van der Waals surface area contributed by atoms with E-state index in [-0.39, 0.29) is 6.61 Å². The lowest BCUT2D eigenvalue weighted by molar-refractivity contribution is 0.276. The van der Waals surface area contributed by atoms with Gasteiger partial charge in [-0.25, -0.2) is 0 Å². The molecule has 0 aliphatic heterocycles. The van der Waals surface area contributed by atoms with E-state index in [1.807, 2.05) is 12.1 Å². The molecule has 88 valence electrons. The van der Waals surface area contributed by atoms with Crippen LogP contribution in [-0.4, -0.2) is 5.11 Å². The summed E-state index contributed by atoms with van der Waals surface area (Å²) < 4.78 is 5.64. The summed E-state index contributed by atoms with van der Waals surface area (Å²) in [6.45, 7) is -0.0867. The van der Waals surface area contributed by atoms with E-state index < -0.39 is 0 Å². The van der Waals surface area contributed by atoms with Crippen LogP contribution >= 0.6 is 11.6 Å². The molecule has 17 heavy (non-hydrogen) atoms. The third-order valence-electron chi connectivity index (χ3n) is 2.38. The van der Waals surface area contributed by atoms with Crippen molar-refractivity contribution in [2.45, 2.75) is 6.61 Å².